The number of carbonyl (C=O) groups excluding carboxylic acids is 2. The summed E-state index contributed by atoms with van der Waals surface area (Å²) < 4.78 is 5.91. The average Bonchev–Trinajstić information content (AvgIpc) is 3.34. The number of benzene rings is 1. The highest BCUT2D eigenvalue weighted by molar-refractivity contribution is 9.10. The number of esters is 1. The van der Waals surface area contributed by atoms with Crippen LogP contribution in [-0.4, -0.2) is 43.0 Å². The minimum Gasteiger partial charge on any atom is -0.466 e. The van der Waals surface area contributed by atoms with Crippen molar-refractivity contribution in [2.45, 2.75) is 32.6 Å². The molecule has 1 aromatic rings. The number of anilines is 1. The van der Waals surface area contributed by atoms with Crippen molar-refractivity contribution in [2.75, 3.05) is 31.6 Å². The average molecular weight is 397 g/mol. The molecule has 24 heavy (non-hydrogen) atoms. The Bertz CT molecular complexity index is 561. The molecule has 1 N–H and O–H groups in total. The zero-order valence-electron chi connectivity index (χ0n) is 14.1. The summed E-state index contributed by atoms with van der Waals surface area (Å²) in [7, 11) is 0. The maximum atomic E-state index is 12.1. The number of hydrogen-bond donors (Lipinski definition) is 1. The molecular formula is C18H25BrN2O3. The van der Waals surface area contributed by atoms with Gasteiger partial charge in [0.2, 0.25) is 5.91 Å². The van der Waals surface area contributed by atoms with Crippen LogP contribution in [0.5, 0.6) is 0 Å². The molecule has 0 heterocycles. The monoisotopic (exact) mass is 396 g/mol. The van der Waals surface area contributed by atoms with Crippen LogP contribution in [0.1, 0.15) is 32.6 Å². The molecule has 0 aromatic heterocycles. The van der Waals surface area contributed by atoms with Crippen molar-refractivity contribution >= 4 is 33.5 Å². The van der Waals surface area contributed by atoms with Crippen LogP contribution >= 0.6 is 15.9 Å². The first kappa shape index (κ1) is 18.9. The zero-order chi connectivity index (χ0) is 17.4. The Balaban J connectivity index is 1.76. The van der Waals surface area contributed by atoms with Gasteiger partial charge in [-0.05, 0) is 43.9 Å². The highest BCUT2D eigenvalue weighted by atomic mass is 79.9. The van der Waals surface area contributed by atoms with Gasteiger partial charge >= 0.3 is 5.97 Å². The number of nitrogens with one attached hydrogen (secondary N) is 1. The van der Waals surface area contributed by atoms with Crippen molar-refractivity contribution in [3.63, 3.8) is 0 Å². The fraction of sp³-hybridized carbons (Fsp3) is 0.556. The molecule has 132 valence electrons. The number of amides is 1. The molecule has 0 atom stereocenters. The van der Waals surface area contributed by atoms with Gasteiger partial charge in [-0.25, -0.2) is 0 Å². The number of halogens is 1. The molecule has 1 saturated carbocycles. The zero-order valence-corrected chi connectivity index (χ0v) is 15.7. The van der Waals surface area contributed by atoms with Gasteiger partial charge in [0.05, 0.1) is 13.0 Å². The van der Waals surface area contributed by atoms with Crippen LogP contribution in [0.15, 0.2) is 28.7 Å². The molecular weight excluding hydrogens is 372 g/mol. The van der Waals surface area contributed by atoms with E-state index < -0.39 is 0 Å². The third-order valence-corrected chi connectivity index (χ3v) is 4.41. The molecule has 1 fully saturated rings. The van der Waals surface area contributed by atoms with Crippen molar-refractivity contribution in [1.29, 1.82) is 0 Å². The number of nitrogens with zero attached hydrogens (tertiary/aromatic N) is 1. The molecule has 0 aliphatic heterocycles. The second-order valence-electron chi connectivity index (χ2n) is 6.11. The van der Waals surface area contributed by atoms with Gasteiger partial charge in [0.25, 0.3) is 0 Å². The van der Waals surface area contributed by atoms with Crippen molar-refractivity contribution in [3.8, 4) is 0 Å². The fourth-order valence-electron chi connectivity index (χ4n) is 2.49. The third-order valence-electron chi connectivity index (χ3n) is 3.91. The van der Waals surface area contributed by atoms with E-state index in [2.05, 4.69) is 26.1 Å². The number of carbonyl (C=O) groups is 2. The highest BCUT2D eigenvalue weighted by Crippen LogP contribution is 2.29. The van der Waals surface area contributed by atoms with Gasteiger partial charge in [-0.1, -0.05) is 22.0 Å². The Morgan fingerprint density at radius 2 is 2.04 bits per heavy atom. The Kier molecular flexibility index (Phi) is 7.72. The van der Waals surface area contributed by atoms with Crippen LogP contribution in [-0.2, 0) is 14.3 Å². The predicted octanol–water partition coefficient (Wildman–Crippen LogP) is 3.44. The van der Waals surface area contributed by atoms with E-state index in [0.717, 1.165) is 22.6 Å². The summed E-state index contributed by atoms with van der Waals surface area (Å²) in [6.07, 6.45) is 3.30. The normalized spacial score (nSPS) is 13.8. The minimum absolute atomic E-state index is 0.00923. The first-order valence-corrected chi connectivity index (χ1v) is 9.29. The molecule has 0 bridgehead atoms. The smallest absolute Gasteiger partial charge is 0.307 e. The molecule has 1 aliphatic carbocycles. The van der Waals surface area contributed by atoms with Crippen LogP contribution in [0.2, 0.25) is 0 Å². The van der Waals surface area contributed by atoms with E-state index in [1.807, 2.05) is 31.2 Å². The second kappa shape index (κ2) is 9.79. The standard InChI is InChI=1S/C18H25BrN2O3/c1-2-24-18(23)9-11-21(13-14-6-7-14)10-8-17(22)20-16-5-3-4-15(19)12-16/h3-5,12,14H,2,6-11,13H2,1H3,(H,20,22). The Labute approximate surface area is 151 Å². The van der Waals surface area contributed by atoms with E-state index in [9.17, 15) is 9.59 Å². The van der Waals surface area contributed by atoms with Gasteiger partial charge in [-0.2, -0.15) is 0 Å². The Morgan fingerprint density at radius 3 is 2.71 bits per heavy atom. The second-order valence-corrected chi connectivity index (χ2v) is 7.02. The summed E-state index contributed by atoms with van der Waals surface area (Å²) in [5.41, 5.74) is 0.787. The van der Waals surface area contributed by atoms with Crippen LogP contribution in [0.3, 0.4) is 0 Å². The van der Waals surface area contributed by atoms with E-state index in [4.69, 9.17) is 4.74 Å². The van der Waals surface area contributed by atoms with E-state index in [1.54, 1.807) is 0 Å². The van der Waals surface area contributed by atoms with Crippen molar-refractivity contribution in [3.05, 3.63) is 28.7 Å². The maximum absolute atomic E-state index is 12.1. The first-order chi connectivity index (χ1) is 11.6. The molecule has 6 heteroatoms. The summed E-state index contributed by atoms with van der Waals surface area (Å²) >= 11 is 3.39. The largest absolute Gasteiger partial charge is 0.466 e. The van der Waals surface area contributed by atoms with Crippen molar-refractivity contribution in [2.24, 2.45) is 5.92 Å². The molecule has 0 radical (unpaired) electrons. The van der Waals surface area contributed by atoms with E-state index in [0.29, 0.717) is 32.5 Å². The summed E-state index contributed by atoms with van der Waals surface area (Å²) in [4.78, 5) is 25.9. The Morgan fingerprint density at radius 1 is 1.29 bits per heavy atom. The molecule has 1 aromatic carbocycles. The number of rotatable bonds is 10. The SMILES string of the molecule is CCOC(=O)CCN(CCC(=O)Nc1cccc(Br)c1)CC1CC1. The van der Waals surface area contributed by atoms with Crippen LogP contribution in [0.4, 0.5) is 5.69 Å². The molecule has 0 saturated heterocycles. The van der Waals surface area contributed by atoms with Crippen LogP contribution in [0, 0.1) is 5.92 Å². The predicted molar refractivity (Wildman–Crippen MR) is 97.8 cm³/mol. The summed E-state index contributed by atoms with van der Waals surface area (Å²) in [6.45, 7) is 4.50. The van der Waals surface area contributed by atoms with Crippen molar-refractivity contribution in [1.82, 2.24) is 4.90 Å². The van der Waals surface area contributed by atoms with Crippen LogP contribution < -0.4 is 5.32 Å². The maximum Gasteiger partial charge on any atom is 0.307 e. The lowest BCUT2D eigenvalue weighted by Gasteiger charge is -2.21. The quantitative estimate of drug-likeness (QED) is 0.615. The third kappa shape index (κ3) is 7.45. The summed E-state index contributed by atoms with van der Waals surface area (Å²) in [5.74, 6) is 0.544. The van der Waals surface area contributed by atoms with Gasteiger partial charge in [0, 0.05) is 36.2 Å². The van der Waals surface area contributed by atoms with Gasteiger partial charge in [-0.15, -0.1) is 0 Å². The number of hydrogen-bond acceptors (Lipinski definition) is 4. The van der Waals surface area contributed by atoms with E-state index >= 15 is 0 Å². The highest BCUT2D eigenvalue weighted by Gasteiger charge is 2.24. The lowest BCUT2D eigenvalue weighted by molar-refractivity contribution is -0.143. The molecule has 2 rings (SSSR count). The van der Waals surface area contributed by atoms with Gasteiger partial charge in [0.1, 0.15) is 0 Å². The topological polar surface area (TPSA) is 58.6 Å². The molecule has 5 nitrogen and oxygen atoms in total. The summed E-state index contributed by atoms with van der Waals surface area (Å²) in [5, 5.41) is 2.90. The first-order valence-electron chi connectivity index (χ1n) is 8.50. The minimum atomic E-state index is -0.170. The fourth-order valence-corrected chi connectivity index (χ4v) is 2.89. The summed E-state index contributed by atoms with van der Waals surface area (Å²) in [6, 6.07) is 7.55. The Hall–Kier alpha value is -1.40. The lowest BCUT2D eigenvalue weighted by atomic mass is 10.2. The van der Waals surface area contributed by atoms with E-state index in [-0.39, 0.29) is 11.9 Å². The molecule has 0 unspecified atom stereocenters. The number of ether oxygens (including phenoxy) is 1. The van der Waals surface area contributed by atoms with Gasteiger partial charge < -0.3 is 15.0 Å². The van der Waals surface area contributed by atoms with Crippen molar-refractivity contribution < 1.29 is 14.3 Å². The van der Waals surface area contributed by atoms with E-state index in [1.165, 1.54) is 12.8 Å². The molecule has 1 amide bonds. The van der Waals surface area contributed by atoms with Gasteiger partial charge in [0.15, 0.2) is 0 Å². The molecule has 1 aliphatic rings. The molecule has 0 spiro atoms. The van der Waals surface area contributed by atoms with Gasteiger partial charge in [-0.3, -0.25) is 9.59 Å². The lowest BCUT2D eigenvalue weighted by Crippen LogP contribution is -2.32. The van der Waals surface area contributed by atoms with Crippen LogP contribution in [0.25, 0.3) is 0 Å².